The lowest BCUT2D eigenvalue weighted by Crippen LogP contribution is -2.72. The van der Waals surface area contributed by atoms with Crippen LogP contribution < -0.4 is 9.47 Å². The van der Waals surface area contributed by atoms with Gasteiger partial charge in [0, 0.05) is 110 Å². The van der Waals surface area contributed by atoms with E-state index in [0.717, 1.165) is 59.6 Å². The van der Waals surface area contributed by atoms with Crippen LogP contribution in [0.4, 0.5) is 0 Å². The molecule has 2 aromatic heterocycles. The number of hydrogen-bond acceptors (Lipinski definition) is 10. The van der Waals surface area contributed by atoms with Crippen molar-refractivity contribution in [2.45, 2.75) is 13.1 Å². The van der Waals surface area contributed by atoms with E-state index >= 15 is 0 Å². The first kappa shape index (κ1) is 37.6. The zero-order valence-electron chi connectivity index (χ0n) is 30.5. The average molecular weight is 814 g/mol. The first-order valence-corrected chi connectivity index (χ1v) is 22.1. The topological polar surface area (TPSA) is 125 Å². The molecule has 0 N–H and O–H groups in total. The Hall–Kier alpha value is -3.34. The van der Waals surface area contributed by atoms with Gasteiger partial charge in [0.2, 0.25) is 31.8 Å². The quantitative estimate of drug-likeness (QED) is 0.205. The molecular formula is C38H42Cl2N6O6S2. The van der Waals surface area contributed by atoms with Crippen molar-refractivity contribution >= 4 is 43.2 Å². The number of rotatable bonds is 11. The van der Waals surface area contributed by atoms with E-state index in [1.165, 1.54) is 21.1 Å². The number of hydrogen-bond donors (Lipinski definition) is 0. The largest absolute Gasteiger partial charge is 0.481 e. The summed E-state index contributed by atoms with van der Waals surface area (Å²) >= 11 is 14.3. The molecule has 4 aromatic rings. The molecule has 0 bridgehead atoms. The average Bonchev–Trinajstić information content (AvgIpc) is 3.05. The van der Waals surface area contributed by atoms with Crippen molar-refractivity contribution in [2.24, 2.45) is 10.8 Å². The number of methoxy groups -OCH3 is 2. The Morgan fingerprint density at radius 1 is 0.574 bits per heavy atom. The molecule has 2 spiro atoms. The number of sulfonamides is 2. The van der Waals surface area contributed by atoms with Crippen LogP contribution in [0.3, 0.4) is 0 Å². The normalized spacial score (nSPS) is 19.9. The number of likely N-dealkylation sites (tertiary alicyclic amines) is 2. The predicted octanol–water partition coefficient (Wildman–Crippen LogP) is 4.96. The van der Waals surface area contributed by atoms with Gasteiger partial charge in [-0.05, 0) is 12.1 Å². The zero-order valence-corrected chi connectivity index (χ0v) is 33.7. The third-order valence-corrected chi connectivity index (χ3v) is 14.3. The second-order valence-corrected chi connectivity index (χ2v) is 20.1. The molecule has 8 rings (SSSR count). The van der Waals surface area contributed by atoms with Crippen molar-refractivity contribution in [3.63, 3.8) is 0 Å². The second kappa shape index (κ2) is 13.7. The van der Waals surface area contributed by atoms with E-state index in [1.807, 2.05) is 60.7 Å². The van der Waals surface area contributed by atoms with Gasteiger partial charge < -0.3 is 9.47 Å². The van der Waals surface area contributed by atoms with Crippen LogP contribution in [0.25, 0.3) is 33.6 Å². The van der Waals surface area contributed by atoms with Gasteiger partial charge in [0.05, 0.1) is 48.2 Å². The minimum absolute atomic E-state index is 0.0458. The van der Waals surface area contributed by atoms with Gasteiger partial charge in [-0.15, -0.1) is 0 Å². The van der Waals surface area contributed by atoms with Gasteiger partial charge in [-0.2, -0.15) is 0 Å². The van der Waals surface area contributed by atoms with Gasteiger partial charge >= 0.3 is 0 Å². The number of pyridine rings is 2. The van der Waals surface area contributed by atoms with Gasteiger partial charge in [0.25, 0.3) is 0 Å². The molecule has 12 nitrogen and oxygen atoms in total. The molecule has 16 heteroatoms. The molecule has 286 valence electrons. The molecule has 0 aliphatic carbocycles. The van der Waals surface area contributed by atoms with Crippen LogP contribution in [0.5, 0.6) is 11.8 Å². The number of ether oxygens (including phenoxy) is 2. The Morgan fingerprint density at radius 3 is 1.26 bits per heavy atom. The lowest BCUT2D eigenvalue weighted by molar-refractivity contribution is -0.0846. The Balaban J connectivity index is 0.972. The van der Waals surface area contributed by atoms with Gasteiger partial charge in [-0.1, -0.05) is 71.7 Å². The number of benzene rings is 2. The van der Waals surface area contributed by atoms with Crippen LogP contribution in [-0.2, 0) is 33.1 Å². The van der Waals surface area contributed by atoms with Gasteiger partial charge in [-0.3, -0.25) is 9.80 Å². The van der Waals surface area contributed by atoms with Crippen molar-refractivity contribution in [1.82, 2.24) is 28.4 Å². The molecule has 54 heavy (non-hydrogen) atoms. The summed E-state index contributed by atoms with van der Waals surface area (Å²) in [6.07, 6.45) is 2.52. The molecule has 4 fully saturated rings. The molecule has 0 radical (unpaired) electrons. The highest BCUT2D eigenvalue weighted by atomic mass is 35.5. The maximum atomic E-state index is 11.8. The molecule has 0 atom stereocenters. The monoisotopic (exact) mass is 812 g/mol. The molecule has 2 aromatic carbocycles. The van der Waals surface area contributed by atoms with Gasteiger partial charge in [-0.25, -0.2) is 35.4 Å². The molecule has 4 aliphatic heterocycles. The summed E-state index contributed by atoms with van der Waals surface area (Å²) in [5.74, 6) is 1.03. The fraction of sp³-hybridized carbons (Fsp3) is 0.421. The van der Waals surface area contributed by atoms with E-state index < -0.39 is 20.0 Å². The summed E-state index contributed by atoms with van der Waals surface area (Å²) in [4.78, 5) is 14.3. The number of aromatic nitrogens is 2. The van der Waals surface area contributed by atoms with E-state index in [4.69, 9.17) is 42.6 Å². The minimum atomic E-state index is -3.14. The van der Waals surface area contributed by atoms with Crippen molar-refractivity contribution in [3.8, 4) is 45.4 Å². The van der Waals surface area contributed by atoms with Crippen LogP contribution >= 0.6 is 23.2 Å². The predicted molar refractivity (Wildman–Crippen MR) is 210 cm³/mol. The zero-order chi connectivity index (χ0) is 38.2. The van der Waals surface area contributed by atoms with Crippen LogP contribution in [0, 0.1) is 10.8 Å². The third kappa shape index (κ3) is 6.89. The Kier molecular flexibility index (Phi) is 9.53. The second-order valence-electron chi connectivity index (χ2n) is 15.4. The van der Waals surface area contributed by atoms with Crippen molar-refractivity contribution < 1.29 is 26.3 Å². The van der Waals surface area contributed by atoms with Gasteiger partial charge in [0.1, 0.15) is 0 Å². The van der Waals surface area contributed by atoms with E-state index in [1.54, 1.807) is 14.2 Å². The maximum absolute atomic E-state index is 11.8. The molecule has 4 saturated heterocycles. The first-order valence-electron chi connectivity index (χ1n) is 17.6. The van der Waals surface area contributed by atoms with Crippen LogP contribution in [0.1, 0.15) is 11.1 Å². The van der Waals surface area contributed by atoms with Gasteiger partial charge in [0.15, 0.2) is 0 Å². The Morgan fingerprint density at radius 2 is 0.926 bits per heavy atom. The molecular weight excluding hydrogens is 771 g/mol. The summed E-state index contributed by atoms with van der Waals surface area (Å²) < 4.78 is 61.8. The fourth-order valence-electron chi connectivity index (χ4n) is 8.49. The Bertz CT molecular complexity index is 2190. The van der Waals surface area contributed by atoms with Crippen molar-refractivity contribution in [3.05, 3.63) is 81.8 Å². The van der Waals surface area contributed by atoms with E-state index in [-0.39, 0.29) is 10.8 Å². The summed E-state index contributed by atoms with van der Waals surface area (Å²) in [5.41, 5.74) is 6.29. The standard InChI is InChI=1S/C38H42Cl2N6O6S2/c1-51-35-25(15-43-17-37(18-43)21-45(22-37)53(3,47)48)11-13-31(41-35)29-9-5-7-27(33(29)39)28-8-6-10-30(34(28)40)32-14-12-26(36(42-32)52-2)16-44-19-38(20-44)23-46(24-38)54(4,49)50/h5-14H,15-24H2,1-4H3. The maximum Gasteiger partial charge on any atom is 0.218 e. The van der Waals surface area contributed by atoms with E-state index in [0.29, 0.717) is 72.5 Å². The van der Waals surface area contributed by atoms with Crippen LogP contribution in [0.15, 0.2) is 60.7 Å². The fourth-order valence-corrected chi connectivity index (χ4v) is 11.2. The highest BCUT2D eigenvalue weighted by molar-refractivity contribution is 7.88. The molecule has 0 unspecified atom stereocenters. The number of nitrogens with zero attached hydrogens (tertiary/aromatic N) is 6. The van der Waals surface area contributed by atoms with Crippen molar-refractivity contribution in [1.29, 1.82) is 0 Å². The molecule has 0 amide bonds. The SMILES string of the molecule is COc1nc(-c2cccc(-c3cccc(-c4ccc(CN5CC6(C5)CN(S(C)(=O)=O)C6)c(OC)n4)c3Cl)c2Cl)ccc1CN1CC2(C1)CN(S(C)(=O)=O)C2. The highest BCUT2D eigenvalue weighted by Gasteiger charge is 2.55. The summed E-state index contributed by atoms with van der Waals surface area (Å²) in [6, 6.07) is 19.5. The molecule has 6 heterocycles. The lowest BCUT2D eigenvalue weighted by Gasteiger charge is -2.59. The van der Waals surface area contributed by atoms with E-state index in [9.17, 15) is 16.8 Å². The van der Waals surface area contributed by atoms with Crippen LogP contribution in [0.2, 0.25) is 10.0 Å². The number of halogens is 2. The summed E-state index contributed by atoms with van der Waals surface area (Å²) in [7, 11) is -3.07. The minimum Gasteiger partial charge on any atom is -0.481 e. The Labute approximate surface area is 326 Å². The molecule has 0 saturated carbocycles. The molecule has 4 aliphatic rings. The van der Waals surface area contributed by atoms with E-state index in [2.05, 4.69) is 9.80 Å². The smallest absolute Gasteiger partial charge is 0.218 e. The third-order valence-electron chi connectivity index (χ3n) is 11.1. The summed E-state index contributed by atoms with van der Waals surface area (Å²) in [6.45, 7) is 6.94. The van der Waals surface area contributed by atoms with Crippen LogP contribution in [-0.4, -0.2) is 124 Å². The highest BCUT2D eigenvalue weighted by Crippen LogP contribution is 2.45. The lowest BCUT2D eigenvalue weighted by atomic mass is 9.74. The van der Waals surface area contributed by atoms with Crippen molar-refractivity contribution in [2.75, 3.05) is 79.1 Å². The summed E-state index contributed by atoms with van der Waals surface area (Å²) in [5, 5.41) is 1.01. The first-order chi connectivity index (χ1) is 25.6.